The summed E-state index contributed by atoms with van der Waals surface area (Å²) < 4.78 is 1.09. The van der Waals surface area contributed by atoms with Crippen LogP contribution in [0.3, 0.4) is 0 Å². The van der Waals surface area contributed by atoms with Crippen molar-refractivity contribution in [2.75, 3.05) is 18.0 Å². The average Bonchev–Trinajstić information content (AvgIpc) is 2.39. The molecular weight excluding hydrogens is 318 g/mol. The first-order valence-electron chi connectivity index (χ1n) is 7.04. The number of carbonyl (C=O) groups excluding carboxylic acids is 1. The van der Waals surface area contributed by atoms with Crippen LogP contribution >= 0.6 is 15.9 Å². The van der Waals surface area contributed by atoms with Gasteiger partial charge in [-0.05, 0) is 53.4 Å². The Bertz CT molecular complexity index is 482. The van der Waals surface area contributed by atoms with E-state index in [0.717, 1.165) is 36.0 Å². The van der Waals surface area contributed by atoms with Gasteiger partial charge < -0.3 is 16.0 Å². The molecule has 3 N–H and O–H groups in total. The summed E-state index contributed by atoms with van der Waals surface area (Å²) in [4.78, 5) is 13.4. The van der Waals surface area contributed by atoms with Gasteiger partial charge in [0.25, 0.3) is 0 Å². The summed E-state index contributed by atoms with van der Waals surface area (Å²) >= 11 is 3.64. The Labute approximate surface area is 128 Å². The van der Waals surface area contributed by atoms with Crippen LogP contribution in [0.1, 0.15) is 38.3 Å². The quantitative estimate of drug-likeness (QED) is 0.889. The molecule has 1 unspecified atom stereocenters. The van der Waals surface area contributed by atoms with Crippen molar-refractivity contribution in [3.8, 4) is 0 Å². The van der Waals surface area contributed by atoms with Crippen LogP contribution in [0, 0.1) is 0 Å². The van der Waals surface area contributed by atoms with Gasteiger partial charge in [-0.1, -0.05) is 6.07 Å². The maximum Gasteiger partial charge on any atom is 0.217 e. The maximum atomic E-state index is 11.1. The molecule has 1 aliphatic heterocycles. The van der Waals surface area contributed by atoms with Crippen molar-refractivity contribution >= 4 is 27.5 Å². The lowest BCUT2D eigenvalue weighted by atomic mass is 10.0. The van der Waals surface area contributed by atoms with Crippen molar-refractivity contribution in [3.63, 3.8) is 0 Å². The number of hydrogen-bond donors (Lipinski definition) is 2. The summed E-state index contributed by atoms with van der Waals surface area (Å²) in [6.45, 7) is 5.48. The van der Waals surface area contributed by atoms with Crippen LogP contribution in [0.5, 0.6) is 0 Å². The van der Waals surface area contributed by atoms with E-state index >= 15 is 0 Å². The summed E-state index contributed by atoms with van der Waals surface area (Å²) in [5, 5.41) is 3.00. The number of rotatable bonds is 3. The number of halogens is 1. The zero-order chi connectivity index (χ0) is 14.7. The third-order valence-electron chi connectivity index (χ3n) is 3.74. The van der Waals surface area contributed by atoms with Gasteiger partial charge in [0.15, 0.2) is 0 Å². The summed E-state index contributed by atoms with van der Waals surface area (Å²) in [5.41, 5.74) is 8.24. The fraction of sp³-hybridized carbons (Fsp3) is 0.533. The van der Waals surface area contributed by atoms with Gasteiger partial charge in [0.05, 0.1) is 5.69 Å². The van der Waals surface area contributed by atoms with Gasteiger partial charge in [-0.3, -0.25) is 4.79 Å². The number of nitrogens with two attached hydrogens (primary N) is 1. The number of benzene rings is 1. The molecule has 1 atom stereocenters. The monoisotopic (exact) mass is 339 g/mol. The molecule has 2 rings (SSSR count). The Morgan fingerprint density at radius 1 is 1.45 bits per heavy atom. The molecule has 0 bridgehead atoms. The van der Waals surface area contributed by atoms with Crippen LogP contribution in [0.15, 0.2) is 22.7 Å². The van der Waals surface area contributed by atoms with Crippen LogP contribution in [-0.4, -0.2) is 25.0 Å². The highest BCUT2D eigenvalue weighted by Gasteiger charge is 2.21. The number of hydrogen-bond acceptors (Lipinski definition) is 3. The van der Waals surface area contributed by atoms with E-state index in [2.05, 4.69) is 44.3 Å². The number of nitrogens with one attached hydrogen (secondary N) is 1. The second kappa shape index (κ2) is 6.59. The minimum absolute atomic E-state index is 0.0471. The van der Waals surface area contributed by atoms with E-state index in [9.17, 15) is 4.79 Å². The molecule has 0 radical (unpaired) electrons. The molecular formula is C15H22BrN3O. The fourth-order valence-corrected chi connectivity index (χ4v) is 3.26. The predicted octanol–water partition coefficient (Wildman–Crippen LogP) is 2.57. The first-order valence-corrected chi connectivity index (χ1v) is 7.83. The van der Waals surface area contributed by atoms with E-state index in [-0.39, 0.29) is 11.9 Å². The summed E-state index contributed by atoms with van der Waals surface area (Å²) in [7, 11) is 0. The smallest absolute Gasteiger partial charge is 0.217 e. The minimum Gasteiger partial charge on any atom is -0.370 e. The second-order valence-corrected chi connectivity index (χ2v) is 6.32. The van der Waals surface area contributed by atoms with E-state index in [1.54, 1.807) is 6.92 Å². The number of carbonyl (C=O) groups is 1. The van der Waals surface area contributed by atoms with Gasteiger partial charge in [-0.25, -0.2) is 0 Å². The Kier molecular flexibility index (Phi) is 5.05. The van der Waals surface area contributed by atoms with Crippen LogP contribution in [0.4, 0.5) is 5.69 Å². The molecule has 1 aliphatic rings. The van der Waals surface area contributed by atoms with Gasteiger partial charge >= 0.3 is 0 Å². The van der Waals surface area contributed by atoms with Crippen LogP contribution in [-0.2, 0) is 4.79 Å². The standard InChI is InChI=1S/C15H22BrN3O/c1-10(17)12-3-4-15(14(16)9-12)19-7-5-13(6-8-19)18-11(2)20/h3-4,9-10,13H,5-8,17H2,1-2H3,(H,18,20). The Morgan fingerprint density at radius 3 is 2.60 bits per heavy atom. The van der Waals surface area contributed by atoms with Gasteiger partial charge in [0, 0.05) is 36.6 Å². The number of amides is 1. The van der Waals surface area contributed by atoms with Crippen molar-refractivity contribution < 1.29 is 4.79 Å². The summed E-state index contributed by atoms with van der Waals surface area (Å²) in [6, 6.07) is 6.67. The molecule has 0 spiro atoms. The molecule has 1 fully saturated rings. The molecule has 1 aromatic carbocycles. The molecule has 1 heterocycles. The summed E-state index contributed by atoms with van der Waals surface area (Å²) in [5.74, 6) is 0.0610. The van der Waals surface area contributed by atoms with Gasteiger partial charge in [-0.2, -0.15) is 0 Å². The van der Waals surface area contributed by atoms with Crippen LogP contribution in [0.25, 0.3) is 0 Å². The minimum atomic E-state index is 0.0471. The van der Waals surface area contributed by atoms with Gasteiger partial charge in [0.1, 0.15) is 0 Å². The molecule has 1 amide bonds. The van der Waals surface area contributed by atoms with Crippen molar-refractivity contribution in [1.29, 1.82) is 0 Å². The van der Waals surface area contributed by atoms with E-state index in [1.807, 2.05) is 6.92 Å². The molecule has 0 aliphatic carbocycles. The predicted molar refractivity (Wildman–Crippen MR) is 85.8 cm³/mol. The zero-order valence-corrected chi connectivity index (χ0v) is 13.6. The van der Waals surface area contributed by atoms with Crippen molar-refractivity contribution in [2.45, 2.75) is 38.8 Å². The molecule has 4 nitrogen and oxygen atoms in total. The third-order valence-corrected chi connectivity index (χ3v) is 4.38. The number of piperidine rings is 1. The lowest BCUT2D eigenvalue weighted by Gasteiger charge is -2.34. The molecule has 1 saturated heterocycles. The first-order chi connectivity index (χ1) is 9.47. The van der Waals surface area contributed by atoms with Crippen LogP contribution in [0.2, 0.25) is 0 Å². The van der Waals surface area contributed by atoms with Crippen molar-refractivity contribution in [2.24, 2.45) is 5.73 Å². The van der Waals surface area contributed by atoms with Gasteiger partial charge in [0.2, 0.25) is 5.91 Å². The van der Waals surface area contributed by atoms with Crippen molar-refractivity contribution in [3.05, 3.63) is 28.2 Å². The highest BCUT2D eigenvalue weighted by Crippen LogP contribution is 2.30. The topological polar surface area (TPSA) is 58.4 Å². The fourth-order valence-electron chi connectivity index (χ4n) is 2.62. The largest absolute Gasteiger partial charge is 0.370 e. The SMILES string of the molecule is CC(=O)NC1CCN(c2ccc(C(C)N)cc2Br)CC1. The van der Waals surface area contributed by atoms with Crippen LogP contribution < -0.4 is 16.0 Å². The third kappa shape index (κ3) is 3.73. The van der Waals surface area contributed by atoms with E-state index < -0.39 is 0 Å². The maximum absolute atomic E-state index is 11.1. The zero-order valence-electron chi connectivity index (χ0n) is 12.0. The molecule has 20 heavy (non-hydrogen) atoms. The lowest BCUT2D eigenvalue weighted by molar-refractivity contribution is -0.119. The highest BCUT2D eigenvalue weighted by atomic mass is 79.9. The molecule has 5 heteroatoms. The summed E-state index contributed by atoms with van der Waals surface area (Å²) in [6.07, 6.45) is 1.97. The first kappa shape index (κ1) is 15.3. The van der Waals surface area contributed by atoms with Gasteiger partial charge in [-0.15, -0.1) is 0 Å². The van der Waals surface area contributed by atoms with E-state index in [0.29, 0.717) is 6.04 Å². The van der Waals surface area contributed by atoms with E-state index in [4.69, 9.17) is 5.73 Å². The number of nitrogens with zero attached hydrogens (tertiary/aromatic N) is 1. The lowest BCUT2D eigenvalue weighted by Crippen LogP contribution is -2.44. The molecule has 0 saturated carbocycles. The molecule has 0 aromatic heterocycles. The Balaban J connectivity index is 2.02. The van der Waals surface area contributed by atoms with Crippen molar-refractivity contribution in [1.82, 2.24) is 5.32 Å². The normalized spacial score (nSPS) is 17.9. The van der Waals surface area contributed by atoms with E-state index in [1.165, 1.54) is 5.69 Å². The molecule has 1 aromatic rings. The molecule has 110 valence electrons. The average molecular weight is 340 g/mol. The highest BCUT2D eigenvalue weighted by molar-refractivity contribution is 9.10. The Hall–Kier alpha value is -1.07. The number of anilines is 1. The Morgan fingerprint density at radius 2 is 2.10 bits per heavy atom. The second-order valence-electron chi connectivity index (χ2n) is 5.46.